The predicted octanol–water partition coefficient (Wildman–Crippen LogP) is 1.60. The number of halogens is 2. The van der Waals surface area contributed by atoms with E-state index in [-0.39, 0.29) is 17.4 Å². The standard InChI is InChI=1S/C8H5F2N3O/c9-4-2-1-3-5(10)6(4)7-12-8(11)13-14-7/h1-3H,(H2,11,13). The highest BCUT2D eigenvalue weighted by molar-refractivity contribution is 5.55. The first-order chi connectivity index (χ1) is 6.68. The van der Waals surface area contributed by atoms with Crippen molar-refractivity contribution in [1.82, 2.24) is 10.1 Å². The van der Waals surface area contributed by atoms with Gasteiger partial charge in [-0.1, -0.05) is 6.07 Å². The van der Waals surface area contributed by atoms with Gasteiger partial charge >= 0.3 is 0 Å². The van der Waals surface area contributed by atoms with Crippen molar-refractivity contribution in [3.05, 3.63) is 29.8 Å². The summed E-state index contributed by atoms with van der Waals surface area (Å²) in [5, 5.41) is 3.23. The van der Waals surface area contributed by atoms with Crippen molar-refractivity contribution in [2.45, 2.75) is 0 Å². The topological polar surface area (TPSA) is 64.9 Å². The first-order valence-corrected chi connectivity index (χ1v) is 3.72. The van der Waals surface area contributed by atoms with E-state index in [0.29, 0.717) is 0 Å². The van der Waals surface area contributed by atoms with Crippen LogP contribution in [0, 0.1) is 11.6 Å². The third-order valence-corrected chi connectivity index (χ3v) is 1.62. The summed E-state index contributed by atoms with van der Waals surface area (Å²) in [6.45, 7) is 0. The van der Waals surface area contributed by atoms with E-state index in [0.717, 1.165) is 12.1 Å². The molecule has 14 heavy (non-hydrogen) atoms. The lowest BCUT2D eigenvalue weighted by Gasteiger charge is -1.97. The fourth-order valence-electron chi connectivity index (χ4n) is 1.04. The second kappa shape index (κ2) is 3.06. The van der Waals surface area contributed by atoms with Crippen LogP contribution in [0.3, 0.4) is 0 Å². The van der Waals surface area contributed by atoms with Gasteiger partial charge in [0, 0.05) is 0 Å². The van der Waals surface area contributed by atoms with Gasteiger partial charge in [-0.15, -0.1) is 0 Å². The van der Waals surface area contributed by atoms with Crippen LogP contribution in [0.2, 0.25) is 0 Å². The molecule has 0 radical (unpaired) electrons. The van der Waals surface area contributed by atoms with Crippen molar-refractivity contribution in [3.8, 4) is 11.5 Å². The van der Waals surface area contributed by atoms with E-state index in [1.54, 1.807) is 0 Å². The summed E-state index contributed by atoms with van der Waals surface area (Å²) in [5.41, 5.74) is 4.79. The molecule has 0 amide bonds. The number of nitrogens with zero attached hydrogens (tertiary/aromatic N) is 2. The highest BCUT2D eigenvalue weighted by Gasteiger charge is 2.16. The van der Waals surface area contributed by atoms with Gasteiger partial charge in [-0.25, -0.2) is 8.78 Å². The van der Waals surface area contributed by atoms with Crippen LogP contribution in [0.15, 0.2) is 22.7 Å². The van der Waals surface area contributed by atoms with Gasteiger partial charge in [0.25, 0.3) is 11.8 Å². The second-order valence-corrected chi connectivity index (χ2v) is 2.55. The zero-order chi connectivity index (χ0) is 10.1. The Balaban J connectivity index is 2.61. The molecule has 0 spiro atoms. The zero-order valence-corrected chi connectivity index (χ0v) is 6.87. The lowest BCUT2D eigenvalue weighted by Crippen LogP contribution is -1.90. The average molecular weight is 197 g/mol. The van der Waals surface area contributed by atoms with Crippen LogP contribution < -0.4 is 5.73 Å². The summed E-state index contributed by atoms with van der Waals surface area (Å²) >= 11 is 0. The Morgan fingerprint density at radius 3 is 2.36 bits per heavy atom. The summed E-state index contributed by atoms with van der Waals surface area (Å²) in [7, 11) is 0. The summed E-state index contributed by atoms with van der Waals surface area (Å²) < 4.78 is 30.8. The summed E-state index contributed by atoms with van der Waals surface area (Å²) in [6, 6.07) is 3.44. The van der Waals surface area contributed by atoms with E-state index in [1.807, 2.05) is 0 Å². The summed E-state index contributed by atoms with van der Waals surface area (Å²) in [4.78, 5) is 3.52. The minimum atomic E-state index is -0.770. The van der Waals surface area contributed by atoms with Crippen molar-refractivity contribution >= 4 is 5.95 Å². The lowest BCUT2D eigenvalue weighted by molar-refractivity contribution is 0.427. The Labute approximate surface area is 77.3 Å². The number of nitrogens with two attached hydrogens (primary N) is 1. The Morgan fingerprint density at radius 1 is 1.21 bits per heavy atom. The monoisotopic (exact) mass is 197 g/mol. The molecule has 0 fully saturated rings. The van der Waals surface area contributed by atoms with Crippen LogP contribution in [-0.2, 0) is 0 Å². The molecule has 6 heteroatoms. The summed E-state index contributed by atoms with van der Waals surface area (Å²) in [5.74, 6) is -1.97. The minimum absolute atomic E-state index is 0.164. The van der Waals surface area contributed by atoms with E-state index < -0.39 is 11.6 Å². The molecule has 0 atom stereocenters. The zero-order valence-electron chi connectivity index (χ0n) is 6.87. The van der Waals surface area contributed by atoms with E-state index in [1.165, 1.54) is 6.07 Å². The number of hydrogen-bond acceptors (Lipinski definition) is 4. The Bertz CT molecular complexity index is 449. The molecule has 2 rings (SSSR count). The molecule has 2 N–H and O–H groups in total. The molecule has 0 bridgehead atoms. The number of anilines is 1. The van der Waals surface area contributed by atoms with Gasteiger partial charge in [0.2, 0.25) is 0 Å². The number of hydrogen-bond donors (Lipinski definition) is 1. The first kappa shape index (κ1) is 8.61. The van der Waals surface area contributed by atoms with Crippen molar-refractivity contribution < 1.29 is 13.3 Å². The van der Waals surface area contributed by atoms with E-state index in [4.69, 9.17) is 5.73 Å². The third kappa shape index (κ3) is 1.30. The maximum absolute atomic E-state index is 13.1. The number of aromatic nitrogens is 2. The van der Waals surface area contributed by atoms with Gasteiger partial charge in [-0.3, -0.25) is 0 Å². The second-order valence-electron chi connectivity index (χ2n) is 2.55. The first-order valence-electron chi connectivity index (χ1n) is 3.72. The molecule has 0 aliphatic carbocycles. The van der Waals surface area contributed by atoms with Gasteiger partial charge in [-0.2, -0.15) is 4.98 Å². The molecular weight excluding hydrogens is 192 g/mol. The van der Waals surface area contributed by atoms with Gasteiger partial charge in [0.05, 0.1) is 0 Å². The molecule has 1 heterocycles. The van der Waals surface area contributed by atoms with Crippen LogP contribution in [0.1, 0.15) is 0 Å². The Morgan fingerprint density at radius 2 is 1.86 bits per heavy atom. The van der Waals surface area contributed by atoms with Crippen molar-refractivity contribution in [2.75, 3.05) is 5.73 Å². The number of rotatable bonds is 1. The van der Waals surface area contributed by atoms with E-state index >= 15 is 0 Å². The Kier molecular flexibility index (Phi) is 1.88. The van der Waals surface area contributed by atoms with Crippen LogP contribution in [0.25, 0.3) is 11.5 Å². The third-order valence-electron chi connectivity index (χ3n) is 1.62. The predicted molar refractivity (Wildman–Crippen MR) is 44.1 cm³/mol. The molecule has 0 unspecified atom stereocenters. The molecule has 0 saturated carbocycles. The molecule has 0 aliphatic heterocycles. The van der Waals surface area contributed by atoms with Gasteiger partial charge in [-0.05, 0) is 17.3 Å². The van der Waals surface area contributed by atoms with Crippen LogP contribution in [0.5, 0.6) is 0 Å². The van der Waals surface area contributed by atoms with Crippen molar-refractivity contribution in [3.63, 3.8) is 0 Å². The average Bonchev–Trinajstić information content (AvgIpc) is 2.51. The maximum atomic E-state index is 13.1. The smallest absolute Gasteiger partial charge is 0.265 e. The fraction of sp³-hybridized carbons (Fsp3) is 0. The molecule has 0 aliphatic rings. The highest BCUT2D eigenvalue weighted by Crippen LogP contribution is 2.24. The molecule has 0 saturated heterocycles. The lowest BCUT2D eigenvalue weighted by atomic mass is 10.2. The Hall–Kier alpha value is -1.98. The van der Waals surface area contributed by atoms with Gasteiger partial charge < -0.3 is 10.3 Å². The molecular formula is C8H5F2N3O. The maximum Gasteiger partial charge on any atom is 0.265 e. The van der Waals surface area contributed by atoms with Gasteiger partial charge in [0.15, 0.2) is 0 Å². The molecule has 4 nitrogen and oxygen atoms in total. The van der Waals surface area contributed by atoms with Crippen LogP contribution in [0.4, 0.5) is 14.7 Å². The normalized spacial score (nSPS) is 10.4. The molecule has 2 aromatic rings. The molecule has 1 aromatic heterocycles. The highest BCUT2D eigenvalue weighted by atomic mass is 19.1. The largest absolute Gasteiger partial charge is 0.365 e. The van der Waals surface area contributed by atoms with E-state index in [2.05, 4.69) is 14.7 Å². The van der Waals surface area contributed by atoms with Crippen LogP contribution in [-0.4, -0.2) is 10.1 Å². The van der Waals surface area contributed by atoms with Crippen molar-refractivity contribution in [1.29, 1.82) is 0 Å². The SMILES string of the molecule is Nc1noc(-c2c(F)cccc2F)n1. The van der Waals surface area contributed by atoms with Crippen LogP contribution >= 0.6 is 0 Å². The van der Waals surface area contributed by atoms with Gasteiger partial charge in [0.1, 0.15) is 17.2 Å². The molecule has 72 valence electrons. The summed E-state index contributed by atoms with van der Waals surface area (Å²) in [6.07, 6.45) is 0. The fourth-order valence-corrected chi connectivity index (χ4v) is 1.04. The quantitative estimate of drug-likeness (QED) is 0.753. The number of nitrogen functional groups attached to an aromatic ring is 1. The van der Waals surface area contributed by atoms with Crippen molar-refractivity contribution in [2.24, 2.45) is 0 Å². The molecule has 1 aromatic carbocycles. The minimum Gasteiger partial charge on any atom is -0.365 e. The van der Waals surface area contributed by atoms with E-state index in [9.17, 15) is 8.78 Å². The number of benzene rings is 1.